The molecular formula is C15H19N3O. The first-order valence-electron chi connectivity index (χ1n) is 6.89. The molecule has 0 atom stereocenters. The third kappa shape index (κ3) is 2.79. The first-order chi connectivity index (χ1) is 9.33. The second-order valence-electron chi connectivity index (χ2n) is 5.18. The van der Waals surface area contributed by atoms with Crippen molar-refractivity contribution in [1.29, 1.82) is 0 Å². The molecule has 0 spiro atoms. The van der Waals surface area contributed by atoms with Crippen molar-refractivity contribution in [2.24, 2.45) is 5.92 Å². The van der Waals surface area contributed by atoms with Gasteiger partial charge in [0.1, 0.15) is 0 Å². The van der Waals surface area contributed by atoms with E-state index in [1.54, 1.807) is 0 Å². The molecule has 3 N–H and O–H groups in total. The minimum atomic E-state index is 0.0232. The Morgan fingerprint density at radius 3 is 2.95 bits per heavy atom. The van der Waals surface area contributed by atoms with Crippen LogP contribution in [-0.2, 0) is 0 Å². The molecule has 3 rings (SSSR count). The summed E-state index contributed by atoms with van der Waals surface area (Å²) < 4.78 is 0. The van der Waals surface area contributed by atoms with Crippen molar-refractivity contribution in [3.05, 3.63) is 36.0 Å². The summed E-state index contributed by atoms with van der Waals surface area (Å²) in [7, 11) is 0. The SMILES string of the molecule is O=C(NCC1CCNCC1)c1ccc2cc[nH]c2c1. The number of aromatic amines is 1. The number of carbonyl (C=O) groups is 1. The molecule has 0 aliphatic carbocycles. The zero-order valence-electron chi connectivity index (χ0n) is 10.9. The first-order valence-corrected chi connectivity index (χ1v) is 6.89. The topological polar surface area (TPSA) is 56.9 Å². The molecule has 1 aliphatic rings. The molecule has 1 aliphatic heterocycles. The van der Waals surface area contributed by atoms with E-state index in [2.05, 4.69) is 15.6 Å². The number of aromatic nitrogens is 1. The van der Waals surface area contributed by atoms with Crippen LogP contribution in [0, 0.1) is 5.92 Å². The molecular weight excluding hydrogens is 238 g/mol. The van der Waals surface area contributed by atoms with Gasteiger partial charge in [-0.1, -0.05) is 6.07 Å². The van der Waals surface area contributed by atoms with Crippen LogP contribution in [0.2, 0.25) is 0 Å². The highest BCUT2D eigenvalue weighted by Gasteiger charge is 2.14. The van der Waals surface area contributed by atoms with Gasteiger partial charge < -0.3 is 15.6 Å². The predicted octanol–water partition coefficient (Wildman–Crippen LogP) is 1.90. The van der Waals surface area contributed by atoms with Gasteiger partial charge in [0, 0.05) is 23.8 Å². The van der Waals surface area contributed by atoms with Gasteiger partial charge in [0.25, 0.3) is 5.91 Å². The highest BCUT2D eigenvalue weighted by atomic mass is 16.1. The van der Waals surface area contributed by atoms with Gasteiger partial charge in [-0.25, -0.2) is 0 Å². The number of hydrogen-bond acceptors (Lipinski definition) is 2. The standard InChI is InChI=1S/C15H19N3O/c19-15(18-10-11-3-6-16-7-4-11)13-2-1-12-5-8-17-14(12)9-13/h1-2,5,8-9,11,16-17H,3-4,6-7,10H2,(H,18,19). The van der Waals surface area contributed by atoms with E-state index in [-0.39, 0.29) is 5.91 Å². The Kier molecular flexibility index (Phi) is 3.51. The van der Waals surface area contributed by atoms with E-state index in [0.29, 0.717) is 5.92 Å². The van der Waals surface area contributed by atoms with Gasteiger partial charge in [0.15, 0.2) is 0 Å². The summed E-state index contributed by atoms with van der Waals surface area (Å²) in [4.78, 5) is 15.2. The number of piperidine rings is 1. The van der Waals surface area contributed by atoms with E-state index < -0.39 is 0 Å². The Balaban J connectivity index is 1.62. The zero-order chi connectivity index (χ0) is 13.1. The molecule has 4 heteroatoms. The summed E-state index contributed by atoms with van der Waals surface area (Å²) >= 11 is 0. The van der Waals surface area contributed by atoms with Crippen molar-refractivity contribution in [3.8, 4) is 0 Å². The molecule has 1 aromatic carbocycles. The molecule has 100 valence electrons. The van der Waals surface area contributed by atoms with Crippen LogP contribution >= 0.6 is 0 Å². The lowest BCUT2D eigenvalue weighted by Crippen LogP contribution is -2.35. The van der Waals surface area contributed by atoms with Crippen LogP contribution < -0.4 is 10.6 Å². The molecule has 1 fully saturated rings. The number of nitrogens with one attached hydrogen (secondary N) is 3. The summed E-state index contributed by atoms with van der Waals surface area (Å²) in [5, 5.41) is 7.51. The Morgan fingerprint density at radius 2 is 2.11 bits per heavy atom. The van der Waals surface area contributed by atoms with Crippen LogP contribution in [0.1, 0.15) is 23.2 Å². The zero-order valence-corrected chi connectivity index (χ0v) is 10.9. The number of benzene rings is 1. The van der Waals surface area contributed by atoms with Crippen LogP contribution in [0.3, 0.4) is 0 Å². The Labute approximate surface area is 112 Å². The van der Waals surface area contributed by atoms with Crippen LogP contribution in [0.15, 0.2) is 30.5 Å². The van der Waals surface area contributed by atoms with Crippen LogP contribution in [-0.4, -0.2) is 30.5 Å². The van der Waals surface area contributed by atoms with Crippen molar-refractivity contribution >= 4 is 16.8 Å². The molecule has 0 unspecified atom stereocenters. The van der Waals surface area contributed by atoms with Crippen molar-refractivity contribution in [2.75, 3.05) is 19.6 Å². The fourth-order valence-corrected chi connectivity index (χ4v) is 2.61. The second-order valence-corrected chi connectivity index (χ2v) is 5.18. The number of rotatable bonds is 3. The molecule has 1 saturated heterocycles. The summed E-state index contributed by atoms with van der Waals surface area (Å²) in [6.45, 7) is 2.91. The number of H-pyrrole nitrogens is 1. The van der Waals surface area contributed by atoms with Crippen molar-refractivity contribution < 1.29 is 4.79 Å². The number of fused-ring (bicyclic) bond motifs is 1. The maximum atomic E-state index is 12.1. The third-order valence-electron chi connectivity index (χ3n) is 3.83. The number of carbonyl (C=O) groups excluding carboxylic acids is 1. The van der Waals surface area contributed by atoms with Crippen molar-refractivity contribution in [1.82, 2.24) is 15.6 Å². The quantitative estimate of drug-likeness (QED) is 0.786. The number of amides is 1. The number of hydrogen-bond donors (Lipinski definition) is 3. The fourth-order valence-electron chi connectivity index (χ4n) is 2.61. The maximum Gasteiger partial charge on any atom is 0.251 e. The first kappa shape index (κ1) is 12.2. The predicted molar refractivity (Wildman–Crippen MR) is 76.2 cm³/mol. The van der Waals surface area contributed by atoms with E-state index >= 15 is 0 Å². The van der Waals surface area contributed by atoms with Gasteiger partial charge >= 0.3 is 0 Å². The average molecular weight is 257 g/mol. The van der Waals surface area contributed by atoms with Crippen LogP contribution in [0.4, 0.5) is 0 Å². The molecule has 1 amide bonds. The van der Waals surface area contributed by atoms with Crippen molar-refractivity contribution in [2.45, 2.75) is 12.8 Å². The highest BCUT2D eigenvalue weighted by Crippen LogP contribution is 2.15. The summed E-state index contributed by atoms with van der Waals surface area (Å²) in [5.74, 6) is 0.634. The van der Waals surface area contributed by atoms with Gasteiger partial charge in [-0.05, 0) is 55.4 Å². The second kappa shape index (κ2) is 5.45. The lowest BCUT2D eigenvalue weighted by Gasteiger charge is -2.22. The molecule has 1 aromatic heterocycles. The van der Waals surface area contributed by atoms with Gasteiger partial charge in [0.05, 0.1) is 0 Å². The Bertz CT molecular complexity index is 570. The van der Waals surface area contributed by atoms with E-state index in [1.807, 2.05) is 30.5 Å². The molecule has 0 bridgehead atoms. The van der Waals surface area contributed by atoms with Gasteiger partial charge in [0.2, 0.25) is 0 Å². The maximum absolute atomic E-state index is 12.1. The molecule has 0 saturated carbocycles. The van der Waals surface area contributed by atoms with E-state index in [4.69, 9.17) is 0 Å². The summed E-state index contributed by atoms with van der Waals surface area (Å²) in [6.07, 6.45) is 4.19. The minimum absolute atomic E-state index is 0.0232. The molecule has 0 radical (unpaired) electrons. The van der Waals surface area contributed by atoms with Gasteiger partial charge in [-0.3, -0.25) is 4.79 Å². The van der Waals surface area contributed by atoms with E-state index in [0.717, 1.165) is 48.9 Å². The smallest absolute Gasteiger partial charge is 0.251 e. The fraction of sp³-hybridized carbons (Fsp3) is 0.400. The van der Waals surface area contributed by atoms with Crippen LogP contribution in [0.5, 0.6) is 0 Å². The van der Waals surface area contributed by atoms with E-state index in [9.17, 15) is 4.79 Å². The minimum Gasteiger partial charge on any atom is -0.361 e. The van der Waals surface area contributed by atoms with Gasteiger partial charge in [-0.2, -0.15) is 0 Å². The third-order valence-corrected chi connectivity index (χ3v) is 3.83. The Morgan fingerprint density at radius 1 is 1.26 bits per heavy atom. The monoisotopic (exact) mass is 257 g/mol. The summed E-state index contributed by atoms with van der Waals surface area (Å²) in [6, 6.07) is 7.78. The lowest BCUT2D eigenvalue weighted by molar-refractivity contribution is 0.0944. The van der Waals surface area contributed by atoms with Gasteiger partial charge in [-0.15, -0.1) is 0 Å². The van der Waals surface area contributed by atoms with Crippen molar-refractivity contribution in [3.63, 3.8) is 0 Å². The van der Waals surface area contributed by atoms with E-state index in [1.165, 1.54) is 0 Å². The molecule has 19 heavy (non-hydrogen) atoms. The summed E-state index contributed by atoms with van der Waals surface area (Å²) in [5.41, 5.74) is 1.73. The highest BCUT2D eigenvalue weighted by molar-refractivity contribution is 5.97. The Hall–Kier alpha value is -1.81. The molecule has 2 aromatic rings. The average Bonchev–Trinajstić information content (AvgIpc) is 2.93. The molecule has 4 nitrogen and oxygen atoms in total. The van der Waals surface area contributed by atoms with Crippen LogP contribution in [0.25, 0.3) is 10.9 Å². The normalized spacial score (nSPS) is 16.6. The molecule has 2 heterocycles. The largest absolute Gasteiger partial charge is 0.361 e. The lowest BCUT2D eigenvalue weighted by atomic mass is 9.98.